The summed E-state index contributed by atoms with van der Waals surface area (Å²) < 4.78 is 5.31. The van der Waals surface area contributed by atoms with Crippen LogP contribution >= 0.6 is 11.3 Å². The molecule has 1 aliphatic carbocycles. The molecule has 160 valence electrons. The number of methoxy groups -OCH3 is 1. The highest BCUT2D eigenvalue weighted by molar-refractivity contribution is 7.10. The third-order valence-electron chi connectivity index (χ3n) is 6.38. The molecule has 6 heteroatoms. The third kappa shape index (κ3) is 3.97. The minimum atomic E-state index is -0.119. The monoisotopic (exact) mass is 426 g/mol. The highest BCUT2D eigenvalue weighted by atomic mass is 32.1. The van der Waals surface area contributed by atoms with Gasteiger partial charge in [-0.05, 0) is 67.8 Å². The summed E-state index contributed by atoms with van der Waals surface area (Å²) in [6.45, 7) is 4.82. The van der Waals surface area contributed by atoms with E-state index in [0.717, 1.165) is 37.0 Å². The molecule has 1 aromatic heterocycles. The quantitative estimate of drug-likeness (QED) is 0.693. The van der Waals surface area contributed by atoms with Crippen LogP contribution in [0.5, 0.6) is 5.75 Å². The van der Waals surface area contributed by atoms with Crippen LogP contribution in [0.4, 0.5) is 0 Å². The molecular weight excluding hydrogens is 396 g/mol. The van der Waals surface area contributed by atoms with Crippen LogP contribution in [0, 0.1) is 5.92 Å². The maximum atomic E-state index is 13.5. The Labute approximate surface area is 182 Å². The topological polar surface area (TPSA) is 49.9 Å². The SMILES string of the molecule is COc1ccc(C2c3ccsc3CCN2C(=O)CN(C(=O)C2CCC2)C(C)C)cc1. The number of fused-ring (bicyclic) bond motifs is 1. The second kappa shape index (κ2) is 8.80. The van der Waals surface area contributed by atoms with E-state index in [1.807, 2.05) is 43.0 Å². The second-order valence-electron chi connectivity index (χ2n) is 8.50. The summed E-state index contributed by atoms with van der Waals surface area (Å²) in [6.07, 6.45) is 3.88. The Morgan fingerprint density at radius 2 is 1.93 bits per heavy atom. The first-order valence-corrected chi connectivity index (χ1v) is 11.7. The zero-order valence-corrected chi connectivity index (χ0v) is 18.8. The average molecular weight is 427 g/mol. The predicted octanol–water partition coefficient (Wildman–Crippen LogP) is 4.27. The first kappa shape index (κ1) is 20.9. The van der Waals surface area contributed by atoms with E-state index < -0.39 is 0 Å². The summed E-state index contributed by atoms with van der Waals surface area (Å²) in [4.78, 5) is 31.5. The molecule has 2 aromatic rings. The van der Waals surface area contributed by atoms with Gasteiger partial charge in [-0.3, -0.25) is 9.59 Å². The van der Waals surface area contributed by atoms with Crippen molar-refractivity contribution in [3.05, 3.63) is 51.7 Å². The first-order valence-electron chi connectivity index (χ1n) is 10.8. The number of carbonyl (C=O) groups is 2. The van der Waals surface area contributed by atoms with Crippen LogP contribution in [0.15, 0.2) is 35.7 Å². The minimum Gasteiger partial charge on any atom is -0.497 e. The van der Waals surface area contributed by atoms with Crippen LogP contribution in [0.25, 0.3) is 0 Å². The Kier molecular flexibility index (Phi) is 6.14. The molecule has 1 fully saturated rings. The van der Waals surface area contributed by atoms with E-state index in [2.05, 4.69) is 11.4 Å². The molecule has 2 heterocycles. The van der Waals surface area contributed by atoms with E-state index in [4.69, 9.17) is 4.74 Å². The Hall–Kier alpha value is -2.34. The van der Waals surface area contributed by atoms with Gasteiger partial charge >= 0.3 is 0 Å². The molecule has 0 spiro atoms. The molecular formula is C24H30N2O3S. The van der Waals surface area contributed by atoms with Crippen LogP contribution in [0.3, 0.4) is 0 Å². The minimum absolute atomic E-state index is 0.0167. The van der Waals surface area contributed by atoms with E-state index in [1.165, 1.54) is 10.4 Å². The smallest absolute Gasteiger partial charge is 0.243 e. The Balaban J connectivity index is 1.60. The zero-order chi connectivity index (χ0) is 21.3. The molecule has 1 aliphatic heterocycles. The molecule has 30 heavy (non-hydrogen) atoms. The van der Waals surface area contributed by atoms with Crippen molar-refractivity contribution in [1.29, 1.82) is 0 Å². The van der Waals surface area contributed by atoms with Crippen molar-refractivity contribution in [2.24, 2.45) is 5.92 Å². The van der Waals surface area contributed by atoms with Gasteiger partial charge in [0.1, 0.15) is 12.3 Å². The van der Waals surface area contributed by atoms with Gasteiger partial charge in [0.15, 0.2) is 0 Å². The summed E-state index contributed by atoms with van der Waals surface area (Å²) in [5.74, 6) is 1.06. The number of hydrogen-bond acceptors (Lipinski definition) is 4. The standard InChI is InChI=1S/C24H30N2O3S/c1-16(2)26(24(28)18-5-4-6-18)15-22(27)25-13-11-21-20(12-14-30-21)23(25)17-7-9-19(29-3)10-8-17/h7-10,12,14,16,18,23H,4-6,11,13,15H2,1-3H3. The normalized spacial score (nSPS) is 18.7. The molecule has 0 saturated heterocycles. The number of benzene rings is 1. The predicted molar refractivity (Wildman–Crippen MR) is 119 cm³/mol. The zero-order valence-electron chi connectivity index (χ0n) is 18.0. The largest absolute Gasteiger partial charge is 0.497 e. The second-order valence-corrected chi connectivity index (χ2v) is 9.50. The molecule has 0 N–H and O–H groups in total. The molecule has 0 radical (unpaired) electrons. The third-order valence-corrected chi connectivity index (χ3v) is 7.38. The van der Waals surface area contributed by atoms with Crippen molar-refractivity contribution >= 4 is 23.2 Å². The van der Waals surface area contributed by atoms with E-state index >= 15 is 0 Å². The maximum Gasteiger partial charge on any atom is 0.243 e. The summed E-state index contributed by atoms with van der Waals surface area (Å²) in [7, 11) is 1.65. The van der Waals surface area contributed by atoms with Gasteiger partial charge in [-0.25, -0.2) is 0 Å². The van der Waals surface area contributed by atoms with Crippen molar-refractivity contribution in [3.63, 3.8) is 0 Å². The van der Waals surface area contributed by atoms with E-state index in [-0.39, 0.29) is 36.4 Å². The summed E-state index contributed by atoms with van der Waals surface area (Å²) in [5.41, 5.74) is 2.27. The lowest BCUT2D eigenvalue weighted by Gasteiger charge is -2.39. The van der Waals surface area contributed by atoms with Gasteiger partial charge in [0.25, 0.3) is 0 Å². The van der Waals surface area contributed by atoms with Crippen molar-refractivity contribution in [2.75, 3.05) is 20.2 Å². The van der Waals surface area contributed by atoms with Gasteiger partial charge in [0, 0.05) is 23.4 Å². The Morgan fingerprint density at radius 3 is 2.53 bits per heavy atom. The number of ether oxygens (including phenoxy) is 1. The van der Waals surface area contributed by atoms with Gasteiger partial charge < -0.3 is 14.5 Å². The molecule has 0 bridgehead atoms. The van der Waals surface area contributed by atoms with Crippen molar-refractivity contribution < 1.29 is 14.3 Å². The van der Waals surface area contributed by atoms with Crippen LogP contribution in [-0.2, 0) is 16.0 Å². The summed E-state index contributed by atoms with van der Waals surface area (Å²) in [6, 6.07) is 9.99. The Bertz CT molecular complexity index is 901. The molecule has 1 aromatic carbocycles. The number of rotatable bonds is 6. The molecule has 2 amide bonds. The lowest BCUT2D eigenvalue weighted by atomic mass is 9.84. The van der Waals surface area contributed by atoms with Gasteiger partial charge in [-0.1, -0.05) is 18.6 Å². The fourth-order valence-electron chi connectivity index (χ4n) is 4.37. The molecule has 1 unspecified atom stereocenters. The van der Waals surface area contributed by atoms with Crippen LogP contribution in [-0.4, -0.2) is 47.9 Å². The number of hydrogen-bond donors (Lipinski definition) is 0. The van der Waals surface area contributed by atoms with Crippen molar-refractivity contribution in [3.8, 4) is 5.75 Å². The fraction of sp³-hybridized carbons (Fsp3) is 0.500. The maximum absolute atomic E-state index is 13.5. The van der Waals surface area contributed by atoms with E-state index in [9.17, 15) is 9.59 Å². The van der Waals surface area contributed by atoms with E-state index in [0.29, 0.717) is 6.54 Å². The average Bonchev–Trinajstić information content (AvgIpc) is 3.18. The number of amides is 2. The van der Waals surface area contributed by atoms with Crippen molar-refractivity contribution in [1.82, 2.24) is 9.80 Å². The van der Waals surface area contributed by atoms with Crippen LogP contribution in [0.1, 0.15) is 55.2 Å². The van der Waals surface area contributed by atoms with Gasteiger partial charge in [-0.15, -0.1) is 11.3 Å². The number of thiophene rings is 1. The molecule has 2 aliphatic rings. The molecule has 1 saturated carbocycles. The summed E-state index contributed by atoms with van der Waals surface area (Å²) >= 11 is 1.76. The van der Waals surface area contributed by atoms with Gasteiger partial charge in [-0.2, -0.15) is 0 Å². The fourth-order valence-corrected chi connectivity index (χ4v) is 5.28. The highest BCUT2D eigenvalue weighted by Gasteiger charge is 2.36. The molecule has 1 atom stereocenters. The molecule has 4 rings (SSSR count). The van der Waals surface area contributed by atoms with Crippen LogP contribution in [0.2, 0.25) is 0 Å². The van der Waals surface area contributed by atoms with Crippen molar-refractivity contribution in [2.45, 2.75) is 51.6 Å². The number of carbonyl (C=O) groups excluding carboxylic acids is 2. The first-order chi connectivity index (χ1) is 14.5. The van der Waals surface area contributed by atoms with E-state index in [1.54, 1.807) is 23.3 Å². The van der Waals surface area contributed by atoms with Gasteiger partial charge in [0.05, 0.1) is 13.2 Å². The lowest BCUT2D eigenvalue weighted by molar-refractivity contribution is -0.147. The lowest BCUT2D eigenvalue weighted by Crippen LogP contribution is -2.50. The van der Waals surface area contributed by atoms with Crippen LogP contribution < -0.4 is 4.74 Å². The molecule has 5 nitrogen and oxygen atoms in total. The summed E-state index contributed by atoms with van der Waals surface area (Å²) in [5, 5.41) is 2.11. The Morgan fingerprint density at radius 1 is 1.20 bits per heavy atom. The van der Waals surface area contributed by atoms with Gasteiger partial charge in [0.2, 0.25) is 11.8 Å². The highest BCUT2D eigenvalue weighted by Crippen LogP contribution is 2.38. The number of nitrogens with zero attached hydrogens (tertiary/aromatic N) is 2.